The summed E-state index contributed by atoms with van der Waals surface area (Å²) in [5.41, 5.74) is 1.50. The molecule has 0 N–H and O–H groups in total. The summed E-state index contributed by atoms with van der Waals surface area (Å²) >= 11 is 0. The zero-order valence-corrected chi connectivity index (χ0v) is 8.43. The summed E-state index contributed by atoms with van der Waals surface area (Å²) in [4.78, 5) is 12.2. The number of likely N-dealkylation sites (N-methyl/N-ethyl adjacent to an activating group) is 1. The molecule has 0 atom stereocenters. The van der Waals surface area contributed by atoms with Crippen molar-refractivity contribution in [1.82, 2.24) is 0 Å². The summed E-state index contributed by atoms with van der Waals surface area (Å²) in [6.07, 6.45) is 0. The molecule has 0 amide bonds. The Kier molecular flexibility index (Phi) is 4.07. The summed E-state index contributed by atoms with van der Waals surface area (Å²) < 4.78 is 4.97. The minimum Gasteiger partial charge on any atom is -0.383 e. The number of ether oxygens (including phenoxy) is 1. The first-order chi connectivity index (χ1) is 6.77. The van der Waals surface area contributed by atoms with Crippen LogP contribution in [-0.2, 0) is 4.74 Å². The fourth-order valence-electron chi connectivity index (χ4n) is 1.13. The van der Waals surface area contributed by atoms with Crippen molar-refractivity contribution in [2.75, 3.05) is 32.2 Å². The molecule has 0 heterocycles. The average molecular weight is 194 g/mol. The van der Waals surface area contributed by atoms with Gasteiger partial charge in [0.2, 0.25) is 0 Å². The molecule has 4 heteroatoms. The standard InChI is InChI=1S/C10H14N2O2/c1-12(7-8-14-2)10-5-3-9(11-13)4-6-10/h3-6H,7-8H2,1-2H3. The van der Waals surface area contributed by atoms with E-state index in [4.69, 9.17) is 4.74 Å². The van der Waals surface area contributed by atoms with Crippen molar-refractivity contribution in [3.05, 3.63) is 29.2 Å². The molecule has 0 saturated carbocycles. The van der Waals surface area contributed by atoms with E-state index >= 15 is 0 Å². The molecule has 0 bridgehead atoms. The molecule has 0 unspecified atom stereocenters. The minimum atomic E-state index is 0.453. The second-order valence-electron chi connectivity index (χ2n) is 3.02. The van der Waals surface area contributed by atoms with Crippen LogP contribution in [0.3, 0.4) is 0 Å². The average Bonchev–Trinajstić information content (AvgIpc) is 2.26. The Morgan fingerprint density at radius 3 is 2.50 bits per heavy atom. The Morgan fingerprint density at radius 1 is 1.36 bits per heavy atom. The maximum atomic E-state index is 10.2. The van der Waals surface area contributed by atoms with Crippen molar-refractivity contribution in [3.8, 4) is 0 Å². The van der Waals surface area contributed by atoms with E-state index in [0.717, 1.165) is 12.2 Å². The van der Waals surface area contributed by atoms with Crippen molar-refractivity contribution < 1.29 is 4.74 Å². The van der Waals surface area contributed by atoms with Gasteiger partial charge >= 0.3 is 0 Å². The van der Waals surface area contributed by atoms with Gasteiger partial charge in [0.05, 0.1) is 6.61 Å². The summed E-state index contributed by atoms with van der Waals surface area (Å²) in [5, 5.41) is 2.84. The van der Waals surface area contributed by atoms with Gasteiger partial charge in [0.1, 0.15) is 5.69 Å². The van der Waals surface area contributed by atoms with E-state index in [1.165, 1.54) is 0 Å². The quantitative estimate of drug-likeness (QED) is 0.674. The molecule has 0 saturated heterocycles. The Hall–Kier alpha value is -1.42. The molecule has 14 heavy (non-hydrogen) atoms. The van der Waals surface area contributed by atoms with Crippen LogP contribution in [0.2, 0.25) is 0 Å². The van der Waals surface area contributed by atoms with Gasteiger partial charge in [-0.25, -0.2) is 0 Å². The second kappa shape index (κ2) is 5.34. The summed E-state index contributed by atoms with van der Waals surface area (Å²) in [6.45, 7) is 1.51. The third-order valence-corrected chi connectivity index (χ3v) is 2.03. The largest absolute Gasteiger partial charge is 0.383 e. The lowest BCUT2D eigenvalue weighted by Crippen LogP contribution is -2.21. The zero-order valence-electron chi connectivity index (χ0n) is 8.43. The molecule has 0 spiro atoms. The van der Waals surface area contributed by atoms with E-state index < -0.39 is 0 Å². The van der Waals surface area contributed by atoms with Crippen LogP contribution < -0.4 is 4.90 Å². The van der Waals surface area contributed by atoms with E-state index in [2.05, 4.69) is 10.1 Å². The van der Waals surface area contributed by atoms with E-state index in [-0.39, 0.29) is 0 Å². The first-order valence-corrected chi connectivity index (χ1v) is 4.41. The van der Waals surface area contributed by atoms with Crippen LogP contribution in [0.25, 0.3) is 0 Å². The lowest BCUT2D eigenvalue weighted by atomic mass is 10.2. The number of methoxy groups -OCH3 is 1. The fourth-order valence-corrected chi connectivity index (χ4v) is 1.13. The summed E-state index contributed by atoms with van der Waals surface area (Å²) in [5.74, 6) is 0. The molecule has 1 aromatic carbocycles. The molecule has 4 nitrogen and oxygen atoms in total. The smallest absolute Gasteiger partial charge is 0.108 e. The van der Waals surface area contributed by atoms with Crippen molar-refractivity contribution in [2.24, 2.45) is 5.18 Å². The Morgan fingerprint density at radius 2 is 2.00 bits per heavy atom. The molecule has 1 aromatic rings. The molecular formula is C10H14N2O2. The van der Waals surface area contributed by atoms with Gasteiger partial charge in [-0.15, -0.1) is 4.91 Å². The highest BCUT2D eigenvalue weighted by Gasteiger charge is 1.99. The SMILES string of the molecule is COCCN(C)c1ccc(N=O)cc1. The minimum absolute atomic E-state index is 0.453. The normalized spacial score (nSPS) is 9.86. The lowest BCUT2D eigenvalue weighted by Gasteiger charge is -2.18. The van der Waals surface area contributed by atoms with Gasteiger partial charge in [-0.1, -0.05) is 0 Å². The van der Waals surface area contributed by atoms with E-state index in [1.54, 1.807) is 19.2 Å². The summed E-state index contributed by atoms with van der Waals surface area (Å²) in [7, 11) is 3.65. The van der Waals surface area contributed by atoms with Gasteiger partial charge in [0.25, 0.3) is 0 Å². The van der Waals surface area contributed by atoms with Crippen LogP contribution >= 0.6 is 0 Å². The maximum absolute atomic E-state index is 10.2. The predicted octanol–water partition coefficient (Wildman–Crippen LogP) is 2.17. The highest BCUT2D eigenvalue weighted by molar-refractivity contribution is 5.52. The lowest BCUT2D eigenvalue weighted by molar-refractivity contribution is 0.206. The number of benzene rings is 1. The third-order valence-electron chi connectivity index (χ3n) is 2.03. The Balaban J connectivity index is 2.61. The van der Waals surface area contributed by atoms with Gasteiger partial charge < -0.3 is 9.64 Å². The van der Waals surface area contributed by atoms with Gasteiger partial charge in [0, 0.05) is 26.4 Å². The molecule has 0 aliphatic heterocycles. The second-order valence-corrected chi connectivity index (χ2v) is 3.02. The molecule has 0 radical (unpaired) electrons. The first-order valence-electron chi connectivity index (χ1n) is 4.41. The summed E-state index contributed by atoms with van der Waals surface area (Å²) in [6, 6.07) is 7.13. The Bertz CT molecular complexity index is 285. The number of hydrogen-bond donors (Lipinski definition) is 0. The number of nitrogens with zero attached hydrogens (tertiary/aromatic N) is 2. The van der Waals surface area contributed by atoms with Crippen molar-refractivity contribution >= 4 is 11.4 Å². The highest BCUT2D eigenvalue weighted by atomic mass is 16.5. The van der Waals surface area contributed by atoms with Crippen LogP contribution in [0.15, 0.2) is 29.4 Å². The highest BCUT2D eigenvalue weighted by Crippen LogP contribution is 2.18. The predicted molar refractivity (Wildman–Crippen MR) is 57.0 cm³/mol. The third kappa shape index (κ3) is 2.81. The van der Waals surface area contributed by atoms with Gasteiger partial charge in [0.15, 0.2) is 0 Å². The van der Waals surface area contributed by atoms with Gasteiger partial charge in [-0.3, -0.25) is 0 Å². The Labute approximate surface area is 83.5 Å². The molecule has 0 aliphatic carbocycles. The maximum Gasteiger partial charge on any atom is 0.108 e. The van der Waals surface area contributed by atoms with E-state index in [1.807, 2.05) is 19.2 Å². The van der Waals surface area contributed by atoms with Crippen LogP contribution in [0.1, 0.15) is 0 Å². The number of rotatable bonds is 5. The topological polar surface area (TPSA) is 41.9 Å². The number of hydrogen-bond acceptors (Lipinski definition) is 4. The molecule has 76 valence electrons. The molecular weight excluding hydrogens is 180 g/mol. The van der Waals surface area contributed by atoms with Crippen molar-refractivity contribution in [2.45, 2.75) is 0 Å². The van der Waals surface area contributed by atoms with Crippen LogP contribution in [-0.4, -0.2) is 27.3 Å². The zero-order chi connectivity index (χ0) is 10.4. The van der Waals surface area contributed by atoms with Gasteiger partial charge in [-0.05, 0) is 29.4 Å². The van der Waals surface area contributed by atoms with Crippen LogP contribution in [0.5, 0.6) is 0 Å². The van der Waals surface area contributed by atoms with Gasteiger partial charge in [-0.2, -0.15) is 0 Å². The first kappa shape index (κ1) is 10.7. The molecule has 0 fully saturated rings. The fraction of sp³-hybridized carbons (Fsp3) is 0.400. The van der Waals surface area contributed by atoms with E-state index in [0.29, 0.717) is 12.3 Å². The van der Waals surface area contributed by atoms with Crippen LogP contribution in [0, 0.1) is 4.91 Å². The monoisotopic (exact) mass is 194 g/mol. The number of nitroso groups, excluding NO2 is 1. The number of anilines is 1. The van der Waals surface area contributed by atoms with E-state index in [9.17, 15) is 4.91 Å². The van der Waals surface area contributed by atoms with Crippen LogP contribution in [0.4, 0.5) is 11.4 Å². The van der Waals surface area contributed by atoms with Crippen molar-refractivity contribution in [1.29, 1.82) is 0 Å². The molecule has 0 aromatic heterocycles. The molecule has 0 aliphatic rings. The molecule has 1 rings (SSSR count). The van der Waals surface area contributed by atoms with Crippen molar-refractivity contribution in [3.63, 3.8) is 0 Å².